The second-order valence-corrected chi connectivity index (χ2v) is 5.38. The number of carbonyl (C=O) groups excluding carboxylic acids is 2. The Morgan fingerprint density at radius 3 is 2.23 bits per heavy atom. The Balaban J connectivity index is 2.41. The van der Waals surface area contributed by atoms with E-state index in [1.54, 1.807) is 26.0 Å². The predicted molar refractivity (Wildman–Crippen MR) is 84.4 cm³/mol. The maximum atomic E-state index is 12.3. The molecule has 0 fully saturated rings. The zero-order valence-electron chi connectivity index (χ0n) is 11.8. The molecule has 1 aromatic carbocycles. The van der Waals surface area contributed by atoms with Gasteiger partial charge in [0.2, 0.25) is 0 Å². The molecule has 0 unspecified atom stereocenters. The number of aromatic nitrogens is 2. The molecule has 114 valence electrons. The number of hydrogen-bond acceptors (Lipinski definition) is 4. The van der Waals surface area contributed by atoms with Crippen LogP contribution in [0.15, 0.2) is 18.2 Å². The minimum absolute atomic E-state index is 0.151. The molecule has 6 nitrogen and oxygen atoms in total. The number of anilines is 1. The second-order valence-electron chi connectivity index (χ2n) is 4.53. The summed E-state index contributed by atoms with van der Waals surface area (Å²) in [4.78, 5) is 31.9. The van der Waals surface area contributed by atoms with Crippen LogP contribution in [0.2, 0.25) is 10.0 Å². The van der Waals surface area contributed by atoms with Crippen LogP contribution < -0.4 is 11.1 Å². The summed E-state index contributed by atoms with van der Waals surface area (Å²) in [6.07, 6.45) is 0. The van der Waals surface area contributed by atoms with Crippen molar-refractivity contribution < 1.29 is 9.59 Å². The average Bonchev–Trinajstić information content (AvgIpc) is 2.44. The third-order valence-electron chi connectivity index (χ3n) is 2.93. The molecule has 0 spiro atoms. The van der Waals surface area contributed by atoms with Gasteiger partial charge in [0, 0.05) is 5.02 Å². The van der Waals surface area contributed by atoms with Crippen LogP contribution in [0, 0.1) is 13.8 Å². The summed E-state index contributed by atoms with van der Waals surface area (Å²) in [6, 6.07) is 4.60. The molecule has 2 rings (SSSR count). The first-order chi connectivity index (χ1) is 10.3. The van der Waals surface area contributed by atoms with E-state index in [-0.39, 0.29) is 16.4 Å². The molecular formula is C14H12Cl2N4O2. The standard InChI is InChI=1S/C14H12Cl2N4O2/c1-6-7(2)19-12(11(18-6)13(17)21)14(22)20-10-4-3-8(15)5-9(10)16/h3-5H,1-2H3,(H2,17,21)(H,20,22). The molecule has 0 radical (unpaired) electrons. The number of aryl methyl sites for hydroxylation is 2. The van der Waals surface area contributed by atoms with E-state index in [2.05, 4.69) is 15.3 Å². The van der Waals surface area contributed by atoms with E-state index in [0.717, 1.165) is 0 Å². The number of nitrogens with two attached hydrogens (primary N) is 1. The molecule has 0 atom stereocenters. The summed E-state index contributed by atoms with van der Waals surface area (Å²) in [5, 5.41) is 3.26. The van der Waals surface area contributed by atoms with Gasteiger partial charge in [-0.25, -0.2) is 9.97 Å². The topological polar surface area (TPSA) is 98.0 Å². The number of nitrogens with zero attached hydrogens (tertiary/aromatic N) is 2. The fourth-order valence-corrected chi connectivity index (χ4v) is 2.16. The van der Waals surface area contributed by atoms with Crippen LogP contribution >= 0.6 is 23.2 Å². The van der Waals surface area contributed by atoms with Crippen LogP contribution in [0.25, 0.3) is 0 Å². The maximum Gasteiger partial charge on any atom is 0.276 e. The van der Waals surface area contributed by atoms with E-state index in [4.69, 9.17) is 28.9 Å². The number of benzene rings is 1. The molecule has 2 amide bonds. The van der Waals surface area contributed by atoms with Crippen molar-refractivity contribution in [2.24, 2.45) is 5.73 Å². The minimum atomic E-state index is -0.831. The first-order valence-corrected chi connectivity index (χ1v) is 6.96. The van der Waals surface area contributed by atoms with Gasteiger partial charge in [-0.1, -0.05) is 23.2 Å². The summed E-state index contributed by atoms with van der Waals surface area (Å²) >= 11 is 11.8. The highest BCUT2D eigenvalue weighted by molar-refractivity contribution is 6.36. The highest BCUT2D eigenvalue weighted by Crippen LogP contribution is 2.25. The van der Waals surface area contributed by atoms with E-state index in [1.807, 2.05) is 0 Å². The Hall–Kier alpha value is -2.18. The van der Waals surface area contributed by atoms with Gasteiger partial charge in [0.1, 0.15) is 0 Å². The average molecular weight is 339 g/mol. The lowest BCUT2D eigenvalue weighted by atomic mass is 10.2. The second kappa shape index (κ2) is 6.29. The zero-order chi connectivity index (χ0) is 16.4. The van der Waals surface area contributed by atoms with Gasteiger partial charge in [0.05, 0.1) is 22.1 Å². The Labute approximate surface area is 136 Å². The van der Waals surface area contributed by atoms with Crippen LogP contribution in [0.3, 0.4) is 0 Å². The Kier molecular flexibility index (Phi) is 4.63. The van der Waals surface area contributed by atoms with E-state index in [9.17, 15) is 9.59 Å². The Bertz CT molecular complexity index is 778. The lowest BCUT2D eigenvalue weighted by molar-refractivity contribution is 0.0969. The summed E-state index contributed by atoms with van der Waals surface area (Å²) in [6.45, 7) is 3.35. The summed E-state index contributed by atoms with van der Waals surface area (Å²) < 4.78 is 0. The number of primary amides is 1. The Morgan fingerprint density at radius 1 is 1.09 bits per heavy atom. The van der Waals surface area contributed by atoms with Gasteiger partial charge >= 0.3 is 0 Å². The van der Waals surface area contributed by atoms with E-state index in [0.29, 0.717) is 22.1 Å². The van der Waals surface area contributed by atoms with Crippen LogP contribution in [0.4, 0.5) is 5.69 Å². The predicted octanol–water partition coefficient (Wildman–Crippen LogP) is 2.75. The number of carbonyl (C=O) groups is 2. The first-order valence-electron chi connectivity index (χ1n) is 6.21. The maximum absolute atomic E-state index is 12.3. The lowest BCUT2D eigenvalue weighted by Gasteiger charge is -2.10. The van der Waals surface area contributed by atoms with Gasteiger partial charge in [-0.3, -0.25) is 9.59 Å². The number of rotatable bonds is 3. The van der Waals surface area contributed by atoms with Crippen molar-refractivity contribution in [2.75, 3.05) is 5.32 Å². The summed E-state index contributed by atoms with van der Waals surface area (Å²) in [7, 11) is 0. The summed E-state index contributed by atoms with van der Waals surface area (Å²) in [5.74, 6) is -1.46. The molecule has 22 heavy (non-hydrogen) atoms. The van der Waals surface area contributed by atoms with Gasteiger partial charge in [0.25, 0.3) is 11.8 Å². The molecule has 0 aliphatic heterocycles. The number of amides is 2. The van der Waals surface area contributed by atoms with Crippen molar-refractivity contribution in [2.45, 2.75) is 13.8 Å². The van der Waals surface area contributed by atoms with Crippen molar-refractivity contribution in [1.29, 1.82) is 0 Å². The van der Waals surface area contributed by atoms with E-state index >= 15 is 0 Å². The van der Waals surface area contributed by atoms with Gasteiger partial charge in [0.15, 0.2) is 11.4 Å². The first kappa shape index (κ1) is 16.2. The molecule has 1 heterocycles. The SMILES string of the molecule is Cc1nc(C(N)=O)c(C(=O)Nc2ccc(Cl)cc2Cl)nc1C. The quantitative estimate of drug-likeness (QED) is 0.898. The fraction of sp³-hybridized carbons (Fsp3) is 0.143. The molecule has 0 bridgehead atoms. The number of halogens is 2. The summed E-state index contributed by atoms with van der Waals surface area (Å²) in [5.41, 5.74) is 6.30. The van der Waals surface area contributed by atoms with Crippen LogP contribution in [-0.2, 0) is 0 Å². The monoisotopic (exact) mass is 338 g/mol. The van der Waals surface area contributed by atoms with E-state index in [1.165, 1.54) is 6.07 Å². The third kappa shape index (κ3) is 3.35. The zero-order valence-corrected chi connectivity index (χ0v) is 13.3. The van der Waals surface area contributed by atoms with Crippen LogP contribution in [0.5, 0.6) is 0 Å². The molecule has 2 aromatic rings. The van der Waals surface area contributed by atoms with Gasteiger partial charge in [-0.2, -0.15) is 0 Å². The highest BCUT2D eigenvalue weighted by atomic mass is 35.5. The van der Waals surface area contributed by atoms with Crippen molar-refractivity contribution >= 4 is 40.7 Å². The molecule has 0 aliphatic carbocycles. The lowest BCUT2D eigenvalue weighted by Crippen LogP contribution is -2.24. The van der Waals surface area contributed by atoms with Crippen molar-refractivity contribution in [3.05, 3.63) is 51.0 Å². The highest BCUT2D eigenvalue weighted by Gasteiger charge is 2.21. The van der Waals surface area contributed by atoms with Crippen molar-refractivity contribution in [1.82, 2.24) is 9.97 Å². The van der Waals surface area contributed by atoms with Crippen LogP contribution in [0.1, 0.15) is 32.4 Å². The molecule has 0 aliphatic rings. The smallest absolute Gasteiger partial charge is 0.276 e. The van der Waals surface area contributed by atoms with Gasteiger partial charge < -0.3 is 11.1 Å². The molecular weight excluding hydrogens is 327 g/mol. The Morgan fingerprint density at radius 2 is 1.68 bits per heavy atom. The van der Waals surface area contributed by atoms with Gasteiger partial charge in [-0.15, -0.1) is 0 Å². The van der Waals surface area contributed by atoms with Gasteiger partial charge in [-0.05, 0) is 32.0 Å². The van der Waals surface area contributed by atoms with Crippen molar-refractivity contribution in [3.8, 4) is 0 Å². The minimum Gasteiger partial charge on any atom is -0.364 e. The fourth-order valence-electron chi connectivity index (χ4n) is 1.71. The van der Waals surface area contributed by atoms with Crippen molar-refractivity contribution in [3.63, 3.8) is 0 Å². The normalized spacial score (nSPS) is 10.4. The molecule has 0 saturated carbocycles. The molecule has 0 saturated heterocycles. The largest absolute Gasteiger partial charge is 0.364 e. The number of nitrogens with one attached hydrogen (secondary N) is 1. The third-order valence-corrected chi connectivity index (χ3v) is 3.48. The van der Waals surface area contributed by atoms with Crippen LogP contribution in [-0.4, -0.2) is 21.8 Å². The molecule has 1 aromatic heterocycles. The number of hydrogen-bond donors (Lipinski definition) is 2. The van der Waals surface area contributed by atoms with E-state index < -0.39 is 11.8 Å². The molecule has 8 heteroatoms. The molecule has 3 N–H and O–H groups in total.